The first-order valence-electron chi connectivity index (χ1n) is 8.39. The largest absolute Gasteiger partial charge is 0.464 e. The number of nitrogen functional groups attached to an aromatic ring is 1. The van der Waals surface area contributed by atoms with Crippen LogP contribution in [-0.4, -0.2) is 16.6 Å². The molecule has 3 rings (SSSR count). The molecule has 3 aromatic rings. The number of carbonyl (C=O) groups excluding carboxylic acids is 1. The number of carbonyl (C=O) groups is 1. The molecule has 9 heteroatoms. The van der Waals surface area contributed by atoms with Gasteiger partial charge in [0.2, 0.25) is 5.91 Å². The summed E-state index contributed by atoms with van der Waals surface area (Å²) in [6.07, 6.45) is 1.68. The second kappa shape index (κ2) is 9.45. The molecule has 1 aromatic carbocycles. The minimum absolute atomic E-state index is 0.0174. The summed E-state index contributed by atoms with van der Waals surface area (Å²) < 4.78 is 6.45. The highest BCUT2D eigenvalue weighted by atomic mass is 127. The van der Waals surface area contributed by atoms with E-state index < -0.39 is 0 Å². The zero-order chi connectivity index (χ0) is 20.8. The van der Waals surface area contributed by atoms with Gasteiger partial charge in [0.15, 0.2) is 0 Å². The van der Waals surface area contributed by atoms with Crippen LogP contribution in [0.25, 0.3) is 11.3 Å². The molecule has 2 heterocycles. The van der Waals surface area contributed by atoms with Crippen molar-refractivity contribution < 1.29 is 9.21 Å². The van der Waals surface area contributed by atoms with Gasteiger partial charge in [0, 0.05) is 21.4 Å². The summed E-state index contributed by atoms with van der Waals surface area (Å²) in [6.45, 7) is 0. The highest BCUT2D eigenvalue weighted by Crippen LogP contribution is 2.35. The van der Waals surface area contributed by atoms with Crippen LogP contribution in [0.2, 0.25) is 0 Å². The molecule has 0 spiro atoms. The van der Waals surface area contributed by atoms with Crippen LogP contribution >= 0.6 is 34.4 Å². The maximum absolute atomic E-state index is 12.2. The van der Waals surface area contributed by atoms with Crippen molar-refractivity contribution in [1.82, 2.24) is 4.98 Å². The van der Waals surface area contributed by atoms with Gasteiger partial charge in [-0.05, 0) is 59.0 Å². The van der Waals surface area contributed by atoms with E-state index in [4.69, 9.17) is 10.2 Å². The third-order valence-electron chi connectivity index (χ3n) is 3.88. The fourth-order valence-electron chi connectivity index (χ4n) is 2.57. The van der Waals surface area contributed by atoms with Gasteiger partial charge in [-0.2, -0.15) is 10.5 Å². The molecule has 0 bridgehead atoms. The van der Waals surface area contributed by atoms with Crippen molar-refractivity contribution in [3.05, 3.63) is 57.4 Å². The topological polar surface area (TPSA) is 129 Å². The first-order chi connectivity index (χ1) is 14.0. The molecule has 0 radical (unpaired) electrons. The standard InChI is InChI=1S/C20H14IN5O2S/c21-12-3-5-13(6-4-12)25-17(27)7-9-29-20-15(11-23)18(16-2-1-8-28-16)14(10-22)19(24)26-20/h1-6,8H,7,9H2,(H2,24,26)(H,25,27). The minimum Gasteiger partial charge on any atom is -0.464 e. The summed E-state index contributed by atoms with van der Waals surface area (Å²) in [6, 6.07) is 14.9. The number of pyridine rings is 1. The van der Waals surface area contributed by atoms with Crippen LogP contribution in [-0.2, 0) is 4.79 Å². The number of nitrogens with zero attached hydrogens (tertiary/aromatic N) is 3. The summed E-state index contributed by atoms with van der Waals surface area (Å²) in [5.41, 5.74) is 7.27. The number of halogens is 1. The van der Waals surface area contributed by atoms with Crippen molar-refractivity contribution in [3.63, 3.8) is 0 Å². The quantitative estimate of drug-likeness (QED) is 0.368. The van der Waals surface area contributed by atoms with Crippen molar-refractivity contribution in [3.8, 4) is 23.5 Å². The Kier molecular flexibility index (Phi) is 6.75. The predicted octanol–water partition coefficient (Wildman–Crippen LogP) is 4.39. The number of benzene rings is 1. The Balaban J connectivity index is 1.76. The van der Waals surface area contributed by atoms with Crippen LogP contribution < -0.4 is 11.1 Å². The Labute approximate surface area is 185 Å². The molecule has 2 aromatic heterocycles. The highest BCUT2D eigenvalue weighted by molar-refractivity contribution is 14.1. The zero-order valence-corrected chi connectivity index (χ0v) is 18.0. The predicted molar refractivity (Wildman–Crippen MR) is 119 cm³/mol. The van der Waals surface area contributed by atoms with Gasteiger partial charge in [-0.15, -0.1) is 11.8 Å². The minimum atomic E-state index is -0.148. The summed E-state index contributed by atoms with van der Waals surface area (Å²) in [5, 5.41) is 22.3. The van der Waals surface area contributed by atoms with Crippen molar-refractivity contribution in [1.29, 1.82) is 10.5 Å². The first kappa shape index (κ1) is 20.7. The van der Waals surface area contributed by atoms with Gasteiger partial charge < -0.3 is 15.5 Å². The molecule has 7 nitrogen and oxygen atoms in total. The van der Waals surface area contributed by atoms with Crippen molar-refractivity contribution >= 4 is 51.8 Å². The fraction of sp³-hybridized carbons (Fsp3) is 0.100. The van der Waals surface area contributed by atoms with Crippen molar-refractivity contribution in [2.75, 3.05) is 16.8 Å². The Bertz CT molecular complexity index is 1120. The van der Waals surface area contributed by atoms with E-state index in [0.29, 0.717) is 22.1 Å². The van der Waals surface area contributed by atoms with Gasteiger partial charge in [0.1, 0.15) is 34.3 Å². The molecule has 0 aliphatic heterocycles. The molecule has 144 valence electrons. The average molecular weight is 515 g/mol. The molecular weight excluding hydrogens is 501 g/mol. The van der Waals surface area contributed by atoms with Gasteiger partial charge in [0.05, 0.1) is 17.4 Å². The second-order valence-electron chi connectivity index (χ2n) is 5.78. The van der Waals surface area contributed by atoms with Crippen molar-refractivity contribution in [2.45, 2.75) is 11.4 Å². The molecule has 29 heavy (non-hydrogen) atoms. The summed E-state index contributed by atoms with van der Waals surface area (Å²) in [7, 11) is 0. The molecule has 0 saturated heterocycles. The van der Waals surface area contributed by atoms with Crippen LogP contribution in [0.4, 0.5) is 11.5 Å². The van der Waals surface area contributed by atoms with Gasteiger partial charge in [-0.1, -0.05) is 0 Å². The number of hydrogen-bond donors (Lipinski definition) is 2. The molecule has 0 unspecified atom stereocenters. The third kappa shape index (κ3) is 4.88. The number of furan rings is 1. The SMILES string of the molecule is N#Cc1c(N)nc(SCCC(=O)Nc2ccc(I)cc2)c(C#N)c1-c1ccco1. The maximum Gasteiger partial charge on any atom is 0.225 e. The third-order valence-corrected chi connectivity index (χ3v) is 5.58. The smallest absolute Gasteiger partial charge is 0.225 e. The lowest BCUT2D eigenvalue weighted by molar-refractivity contribution is -0.115. The van der Waals surface area contributed by atoms with Crippen LogP contribution in [0.15, 0.2) is 52.1 Å². The molecule has 0 aliphatic rings. The lowest BCUT2D eigenvalue weighted by Crippen LogP contribution is -2.12. The lowest BCUT2D eigenvalue weighted by Gasteiger charge is -2.11. The molecule has 0 aliphatic carbocycles. The van der Waals surface area contributed by atoms with Crippen LogP contribution in [0, 0.1) is 26.2 Å². The normalized spacial score (nSPS) is 10.2. The second-order valence-corrected chi connectivity index (χ2v) is 8.11. The Morgan fingerprint density at radius 3 is 2.55 bits per heavy atom. The highest BCUT2D eigenvalue weighted by Gasteiger charge is 2.22. The van der Waals surface area contributed by atoms with E-state index >= 15 is 0 Å². The van der Waals surface area contributed by atoms with E-state index in [-0.39, 0.29) is 29.3 Å². The lowest BCUT2D eigenvalue weighted by atomic mass is 10.0. The van der Waals surface area contributed by atoms with Crippen molar-refractivity contribution in [2.24, 2.45) is 0 Å². The molecule has 0 saturated carbocycles. The number of thioether (sulfide) groups is 1. The summed E-state index contributed by atoms with van der Waals surface area (Å²) in [5.74, 6) is 0.625. The first-order valence-corrected chi connectivity index (χ1v) is 10.5. The van der Waals surface area contributed by atoms with Gasteiger partial charge in [-0.3, -0.25) is 4.79 Å². The summed E-state index contributed by atoms with van der Waals surface area (Å²) in [4.78, 5) is 16.4. The van der Waals surface area contributed by atoms with E-state index in [1.165, 1.54) is 18.0 Å². The number of amides is 1. The number of rotatable bonds is 6. The fourth-order valence-corrected chi connectivity index (χ4v) is 3.86. The monoisotopic (exact) mass is 515 g/mol. The number of aromatic nitrogens is 1. The molecule has 3 N–H and O–H groups in total. The Morgan fingerprint density at radius 2 is 1.93 bits per heavy atom. The Hall–Kier alpha value is -3.02. The number of hydrogen-bond acceptors (Lipinski definition) is 7. The van der Waals surface area contributed by atoms with Crippen LogP contribution in [0.1, 0.15) is 17.5 Å². The average Bonchev–Trinajstić information content (AvgIpc) is 3.23. The van der Waals surface area contributed by atoms with Gasteiger partial charge >= 0.3 is 0 Å². The van der Waals surface area contributed by atoms with E-state index in [2.05, 4.69) is 39.0 Å². The number of nitrogens with two attached hydrogens (primary N) is 1. The molecular formula is C20H14IN5O2S. The van der Waals surface area contributed by atoms with E-state index in [0.717, 1.165) is 9.26 Å². The molecule has 0 atom stereocenters. The van der Waals surface area contributed by atoms with Gasteiger partial charge in [-0.25, -0.2) is 4.98 Å². The number of nitrogens with one attached hydrogen (secondary N) is 1. The van der Waals surface area contributed by atoms with Gasteiger partial charge in [0.25, 0.3) is 0 Å². The molecule has 0 fully saturated rings. The summed E-state index contributed by atoms with van der Waals surface area (Å²) >= 11 is 3.42. The van der Waals surface area contributed by atoms with E-state index in [1.807, 2.05) is 30.3 Å². The number of nitriles is 2. The van der Waals surface area contributed by atoms with Crippen LogP contribution in [0.5, 0.6) is 0 Å². The van der Waals surface area contributed by atoms with E-state index in [9.17, 15) is 15.3 Å². The van der Waals surface area contributed by atoms with Crippen LogP contribution in [0.3, 0.4) is 0 Å². The Morgan fingerprint density at radius 1 is 1.21 bits per heavy atom. The number of anilines is 2. The zero-order valence-electron chi connectivity index (χ0n) is 15.0. The molecule has 1 amide bonds. The maximum atomic E-state index is 12.2. The van der Waals surface area contributed by atoms with E-state index in [1.54, 1.807) is 12.1 Å².